The van der Waals surface area contributed by atoms with Crippen LogP contribution in [0.15, 0.2) is 24.3 Å². The molecule has 118 valence electrons. The molecular formula is C15H22ClNO3S. The van der Waals surface area contributed by atoms with Gasteiger partial charge in [-0.2, -0.15) is 0 Å². The summed E-state index contributed by atoms with van der Waals surface area (Å²) in [5.74, 6) is 0.0303. The van der Waals surface area contributed by atoms with Crippen LogP contribution in [0.5, 0.6) is 0 Å². The predicted molar refractivity (Wildman–Crippen MR) is 85.4 cm³/mol. The predicted octanol–water partition coefficient (Wildman–Crippen LogP) is 2.41. The highest BCUT2D eigenvalue weighted by Crippen LogP contribution is 2.21. The molecule has 6 heteroatoms. The van der Waals surface area contributed by atoms with Gasteiger partial charge in [-0.25, -0.2) is 8.42 Å². The molecule has 0 saturated carbocycles. The Morgan fingerprint density at radius 2 is 2.05 bits per heavy atom. The first kappa shape index (κ1) is 16.7. The van der Waals surface area contributed by atoms with E-state index in [1.165, 1.54) is 0 Å². The summed E-state index contributed by atoms with van der Waals surface area (Å²) in [6.45, 7) is 3.80. The molecule has 1 aliphatic rings. The van der Waals surface area contributed by atoms with Crippen LogP contribution in [0, 0.1) is 0 Å². The number of ether oxygens (including phenoxy) is 1. The minimum absolute atomic E-state index is 0.0176. The molecule has 0 aromatic heterocycles. The minimum Gasteiger partial charge on any atom is -0.380 e. The van der Waals surface area contributed by atoms with E-state index in [2.05, 4.69) is 12.2 Å². The van der Waals surface area contributed by atoms with Crippen molar-refractivity contribution < 1.29 is 13.2 Å². The molecule has 1 fully saturated rings. The molecule has 1 aliphatic heterocycles. The largest absolute Gasteiger partial charge is 0.380 e. The molecular weight excluding hydrogens is 310 g/mol. The average molecular weight is 332 g/mol. The Labute approximate surface area is 131 Å². The van der Waals surface area contributed by atoms with Gasteiger partial charge in [0, 0.05) is 17.7 Å². The average Bonchev–Trinajstić information content (AvgIpc) is 2.47. The van der Waals surface area contributed by atoms with Crippen molar-refractivity contribution >= 4 is 21.4 Å². The van der Waals surface area contributed by atoms with Crippen molar-refractivity contribution in [1.29, 1.82) is 0 Å². The summed E-state index contributed by atoms with van der Waals surface area (Å²) in [6.07, 6.45) is 1.73. The molecule has 1 N–H and O–H groups in total. The molecule has 2 rings (SSSR count). The SMILES string of the molecule is CCCNC1CCOCC1S(=O)(=O)Cc1ccc(Cl)cc1. The first-order valence-corrected chi connectivity index (χ1v) is 9.39. The lowest BCUT2D eigenvalue weighted by Crippen LogP contribution is -2.50. The first-order chi connectivity index (χ1) is 10.0. The van der Waals surface area contributed by atoms with E-state index in [1.807, 2.05) is 0 Å². The van der Waals surface area contributed by atoms with Crippen molar-refractivity contribution in [3.63, 3.8) is 0 Å². The zero-order chi connectivity index (χ0) is 15.3. The first-order valence-electron chi connectivity index (χ1n) is 7.30. The lowest BCUT2D eigenvalue weighted by Gasteiger charge is -2.32. The highest BCUT2D eigenvalue weighted by molar-refractivity contribution is 7.91. The van der Waals surface area contributed by atoms with Crippen LogP contribution in [0.4, 0.5) is 0 Å². The van der Waals surface area contributed by atoms with Crippen LogP contribution in [0.25, 0.3) is 0 Å². The number of hydrogen-bond acceptors (Lipinski definition) is 4. The van der Waals surface area contributed by atoms with Crippen LogP contribution < -0.4 is 5.32 Å². The number of rotatable bonds is 6. The molecule has 0 amide bonds. The van der Waals surface area contributed by atoms with Crippen molar-refractivity contribution in [3.8, 4) is 0 Å². The van der Waals surface area contributed by atoms with E-state index in [0.29, 0.717) is 11.6 Å². The third kappa shape index (κ3) is 4.68. The van der Waals surface area contributed by atoms with E-state index in [0.717, 1.165) is 24.9 Å². The van der Waals surface area contributed by atoms with Crippen molar-refractivity contribution in [2.45, 2.75) is 36.8 Å². The van der Waals surface area contributed by atoms with Crippen LogP contribution >= 0.6 is 11.6 Å². The molecule has 2 unspecified atom stereocenters. The van der Waals surface area contributed by atoms with Gasteiger partial charge in [-0.3, -0.25) is 0 Å². The molecule has 21 heavy (non-hydrogen) atoms. The maximum Gasteiger partial charge on any atom is 0.161 e. The van der Waals surface area contributed by atoms with Gasteiger partial charge in [0.2, 0.25) is 0 Å². The van der Waals surface area contributed by atoms with Gasteiger partial charge in [-0.15, -0.1) is 0 Å². The second-order valence-corrected chi connectivity index (χ2v) is 8.05. The van der Waals surface area contributed by atoms with Gasteiger partial charge in [0.05, 0.1) is 12.4 Å². The Morgan fingerprint density at radius 3 is 2.71 bits per heavy atom. The summed E-state index contributed by atoms with van der Waals surface area (Å²) >= 11 is 5.83. The molecule has 1 heterocycles. The molecule has 1 aromatic rings. The molecule has 0 radical (unpaired) electrons. The lowest BCUT2D eigenvalue weighted by atomic mass is 10.1. The van der Waals surface area contributed by atoms with Crippen LogP contribution in [0.2, 0.25) is 5.02 Å². The Morgan fingerprint density at radius 1 is 1.33 bits per heavy atom. The quantitative estimate of drug-likeness (QED) is 0.869. The van der Waals surface area contributed by atoms with Gasteiger partial charge in [0.1, 0.15) is 5.25 Å². The standard InChI is InChI=1S/C15H22ClNO3S/c1-2-8-17-14-7-9-20-10-15(14)21(18,19)11-12-3-5-13(16)6-4-12/h3-6,14-15,17H,2,7-11H2,1H3. The number of halogens is 1. The van der Waals surface area contributed by atoms with Crippen LogP contribution in [0.1, 0.15) is 25.3 Å². The molecule has 0 bridgehead atoms. The van der Waals surface area contributed by atoms with E-state index >= 15 is 0 Å². The van der Waals surface area contributed by atoms with E-state index in [1.54, 1.807) is 24.3 Å². The molecule has 2 atom stereocenters. The Kier molecular flexibility index (Phi) is 6.05. The van der Waals surface area contributed by atoms with Gasteiger partial charge in [-0.1, -0.05) is 30.7 Å². The summed E-state index contributed by atoms with van der Waals surface area (Å²) < 4.78 is 30.7. The summed E-state index contributed by atoms with van der Waals surface area (Å²) in [6, 6.07) is 6.94. The van der Waals surface area contributed by atoms with Gasteiger partial charge in [-0.05, 0) is 37.1 Å². The fourth-order valence-corrected chi connectivity index (χ4v) is 4.58. The van der Waals surface area contributed by atoms with Crippen LogP contribution in [0.3, 0.4) is 0 Å². The zero-order valence-corrected chi connectivity index (χ0v) is 13.8. The van der Waals surface area contributed by atoms with Gasteiger partial charge < -0.3 is 10.1 Å². The number of benzene rings is 1. The lowest BCUT2D eigenvalue weighted by molar-refractivity contribution is 0.0808. The third-order valence-corrected chi connectivity index (χ3v) is 6.08. The maximum absolute atomic E-state index is 12.7. The number of hydrogen-bond donors (Lipinski definition) is 1. The van der Waals surface area contributed by atoms with Gasteiger partial charge >= 0.3 is 0 Å². The highest BCUT2D eigenvalue weighted by atomic mass is 35.5. The molecule has 0 spiro atoms. The van der Waals surface area contributed by atoms with E-state index in [4.69, 9.17) is 16.3 Å². The topological polar surface area (TPSA) is 55.4 Å². The van der Waals surface area contributed by atoms with Crippen molar-refractivity contribution in [2.75, 3.05) is 19.8 Å². The van der Waals surface area contributed by atoms with Crippen LogP contribution in [-0.2, 0) is 20.3 Å². The Hall–Kier alpha value is -0.620. The number of sulfone groups is 1. The molecule has 1 aromatic carbocycles. The van der Waals surface area contributed by atoms with Gasteiger partial charge in [0.25, 0.3) is 0 Å². The van der Waals surface area contributed by atoms with Crippen molar-refractivity contribution in [1.82, 2.24) is 5.32 Å². The smallest absolute Gasteiger partial charge is 0.161 e. The minimum atomic E-state index is -3.26. The summed E-state index contributed by atoms with van der Waals surface area (Å²) in [5, 5.41) is 3.47. The van der Waals surface area contributed by atoms with E-state index in [-0.39, 0.29) is 18.4 Å². The van der Waals surface area contributed by atoms with E-state index in [9.17, 15) is 8.42 Å². The summed E-state index contributed by atoms with van der Waals surface area (Å²) in [5.41, 5.74) is 0.763. The second kappa shape index (κ2) is 7.58. The fraction of sp³-hybridized carbons (Fsp3) is 0.600. The van der Waals surface area contributed by atoms with Gasteiger partial charge in [0.15, 0.2) is 9.84 Å². The van der Waals surface area contributed by atoms with Crippen LogP contribution in [-0.4, -0.2) is 39.5 Å². The third-order valence-electron chi connectivity index (χ3n) is 3.70. The second-order valence-electron chi connectivity index (χ2n) is 5.40. The Balaban J connectivity index is 2.10. The summed E-state index contributed by atoms with van der Waals surface area (Å²) in [7, 11) is -3.26. The normalized spacial score (nSPS) is 23.1. The van der Waals surface area contributed by atoms with E-state index < -0.39 is 15.1 Å². The van der Waals surface area contributed by atoms with Crippen molar-refractivity contribution in [3.05, 3.63) is 34.9 Å². The molecule has 4 nitrogen and oxygen atoms in total. The monoisotopic (exact) mass is 331 g/mol. The maximum atomic E-state index is 12.7. The summed E-state index contributed by atoms with van der Waals surface area (Å²) in [4.78, 5) is 0. The molecule has 1 saturated heterocycles. The zero-order valence-electron chi connectivity index (χ0n) is 12.2. The highest BCUT2D eigenvalue weighted by Gasteiger charge is 2.35. The number of nitrogens with one attached hydrogen (secondary N) is 1. The fourth-order valence-electron chi connectivity index (χ4n) is 2.55. The molecule has 0 aliphatic carbocycles. The van der Waals surface area contributed by atoms with Crippen molar-refractivity contribution in [2.24, 2.45) is 0 Å². The Bertz CT molecular complexity index is 545.